The molecular formula is C17H13N3O3S3. The summed E-state index contributed by atoms with van der Waals surface area (Å²) in [5.74, 6) is -1.24. The van der Waals surface area contributed by atoms with Crippen LogP contribution >= 0.6 is 36.2 Å². The number of carboxylic acids is 1. The molecule has 0 bridgehead atoms. The molecule has 1 saturated heterocycles. The highest BCUT2D eigenvalue weighted by molar-refractivity contribution is 8.24. The minimum absolute atomic E-state index is 0.147. The van der Waals surface area contributed by atoms with Crippen LogP contribution in [0.25, 0.3) is 0 Å². The molecule has 3 rings (SSSR count). The van der Waals surface area contributed by atoms with Gasteiger partial charge in [-0.15, -0.1) is 0 Å². The maximum Gasteiger partial charge on any atom is 0.335 e. The molecule has 132 valence electrons. The Morgan fingerprint density at radius 1 is 1.19 bits per heavy atom. The predicted molar refractivity (Wildman–Crippen MR) is 111 cm³/mol. The number of carbonyl (C=O) groups excluding carboxylic acids is 1. The van der Waals surface area contributed by atoms with Crippen molar-refractivity contribution in [2.45, 2.75) is 5.37 Å². The minimum Gasteiger partial charge on any atom is -0.478 e. The molecule has 1 aliphatic rings. The summed E-state index contributed by atoms with van der Waals surface area (Å²) in [5.41, 5.74) is 1.37. The van der Waals surface area contributed by atoms with E-state index < -0.39 is 11.3 Å². The lowest BCUT2D eigenvalue weighted by atomic mass is 10.2. The second kappa shape index (κ2) is 7.81. The third kappa shape index (κ3) is 4.01. The molecule has 0 aromatic heterocycles. The Bertz CT molecular complexity index is 889. The number of nitrogens with zero attached hydrogens (tertiary/aromatic N) is 1. The number of para-hydroxylation sites is 1. The van der Waals surface area contributed by atoms with E-state index in [1.807, 2.05) is 18.2 Å². The Morgan fingerprint density at radius 2 is 1.92 bits per heavy atom. The van der Waals surface area contributed by atoms with Gasteiger partial charge in [0.1, 0.15) is 4.32 Å². The Labute approximate surface area is 164 Å². The average molecular weight is 404 g/mol. The van der Waals surface area contributed by atoms with E-state index in [9.17, 15) is 9.59 Å². The maximum absolute atomic E-state index is 12.6. The number of aromatic carboxylic acids is 1. The summed E-state index contributed by atoms with van der Waals surface area (Å²) in [5, 5.41) is 14.6. The molecule has 9 heteroatoms. The average Bonchev–Trinajstić information content (AvgIpc) is 2.89. The van der Waals surface area contributed by atoms with Crippen molar-refractivity contribution in [3.8, 4) is 0 Å². The fourth-order valence-electron chi connectivity index (χ4n) is 2.34. The summed E-state index contributed by atoms with van der Waals surface area (Å²) >= 11 is 11.6. The second-order valence-electron chi connectivity index (χ2n) is 5.25. The van der Waals surface area contributed by atoms with Crippen LogP contribution in [0.2, 0.25) is 0 Å². The number of carboxylic acid groups (broad SMARTS) is 1. The first-order chi connectivity index (χ1) is 12.5. The zero-order chi connectivity index (χ0) is 18.7. The number of amides is 1. The van der Waals surface area contributed by atoms with Crippen LogP contribution in [0.15, 0.2) is 54.6 Å². The number of thiocarbonyl (C=S) groups is 2. The lowest BCUT2D eigenvalue weighted by Crippen LogP contribution is -2.30. The van der Waals surface area contributed by atoms with Crippen LogP contribution in [0, 0.1) is 0 Å². The van der Waals surface area contributed by atoms with Crippen molar-refractivity contribution in [2.24, 2.45) is 0 Å². The van der Waals surface area contributed by atoms with Crippen molar-refractivity contribution >= 4 is 68.9 Å². The van der Waals surface area contributed by atoms with E-state index in [1.54, 1.807) is 24.3 Å². The monoisotopic (exact) mass is 403 g/mol. The fraction of sp³-hybridized carbons (Fsp3) is 0.0588. The molecule has 1 fully saturated rings. The quantitative estimate of drug-likeness (QED) is 0.672. The topological polar surface area (TPSA) is 81.7 Å². The maximum atomic E-state index is 12.6. The molecule has 2 aromatic carbocycles. The van der Waals surface area contributed by atoms with Gasteiger partial charge in [-0.3, -0.25) is 9.69 Å². The number of thioether (sulfide) groups is 1. The fourth-order valence-corrected chi connectivity index (χ4v) is 3.90. The first-order valence-electron chi connectivity index (χ1n) is 7.46. The molecule has 6 nitrogen and oxygen atoms in total. The van der Waals surface area contributed by atoms with Crippen LogP contribution < -0.4 is 15.5 Å². The summed E-state index contributed by atoms with van der Waals surface area (Å²) in [6, 6.07) is 15.4. The first-order valence-corrected chi connectivity index (χ1v) is 9.16. The number of rotatable bonds is 4. The van der Waals surface area contributed by atoms with Crippen LogP contribution in [0.5, 0.6) is 0 Å². The van der Waals surface area contributed by atoms with Crippen LogP contribution in [0.1, 0.15) is 10.4 Å². The van der Waals surface area contributed by atoms with E-state index >= 15 is 0 Å². The number of hydrogen-bond acceptors (Lipinski definition) is 5. The van der Waals surface area contributed by atoms with Gasteiger partial charge >= 0.3 is 5.97 Å². The zero-order valence-electron chi connectivity index (χ0n) is 13.2. The minimum atomic E-state index is -1.02. The second-order valence-corrected chi connectivity index (χ2v) is 7.42. The lowest BCUT2D eigenvalue weighted by Gasteiger charge is -2.14. The van der Waals surface area contributed by atoms with E-state index in [0.29, 0.717) is 20.8 Å². The Hall–Kier alpha value is -2.49. The number of benzene rings is 2. The first kappa shape index (κ1) is 18.3. The van der Waals surface area contributed by atoms with Crippen LogP contribution in [0.3, 0.4) is 0 Å². The summed E-state index contributed by atoms with van der Waals surface area (Å²) in [6.07, 6.45) is 0. The van der Waals surface area contributed by atoms with E-state index in [0.717, 1.165) is 11.8 Å². The van der Waals surface area contributed by atoms with Gasteiger partial charge < -0.3 is 15.7 Å². The molecule has 0 aliphatic carbocycles. The van der Waals surface area contributed by atoms with Crippen molar-refractivity contribution in [2.75, 3.05) is 10.2 Å². The van der Waals surface area contributed by atoms with Crippen molar-refractivity contribution in [1.29, 1.82) is 0 Å². The van der Waals surface area contributed by atoms with Crippen LogP contribution in [0.4, 0.5) is 11.4 Å². The van der Waals surface area contributed by atoms with E-state index in [-0.39, 0.29) is 11.5 Å². The smallest absolute Gasteiger partial charge is 0.335 e. The van der Waals surface area contributed by atoms with Gasteiger partial charge in [-0.1, -0.05) is 48.2 Å². The van der Waals surface area contributed by atoms with Crippen molar-refractivity contribution in [1.82, 2.24) is 5.32 Å². The number of nitrogens with one attached hydrogen (secondary N) is 2. The van der Waals surface area contributed by atoms with Gasteiger partial charge in [-0.05, 0) is 42.5 Å². The third-order valence-electron chi connectivity index (χ3n) is 3.50. The molecule has 26 heavy (non-hydrogen) atoms. The number of anilines is 2. The number of carbonyl (C=O) groups is 2. The summed E-state index contributed by atoms with van der Waals surface area (Å²) in [7, 11) is 0. The molecule has 0 radical (unpaired) electrons. The molecular weight excluding hydrogens is 390 g/mol. The SMILES string of the molecule is O=C(O)c1cccc(NC(=S)SC2NC(=S)N(c3ccccc3)C2=O)c1. The predicted octanol–water partition coefficient (Wildman–Crippen LogP) is 3.06. The van der Waals surface area contributed by atoms with Gasteiger partial charge in [-0.25, -0.2) is 4.79 Å². The molecule has 1 unspecified atom stereocenters. The normalized spacial score (nSPS) is 16.3. The Balaban J connectivity index is 1.67. The van der Waals surface area contributed by atoms with E-state index in [1.165, 1.54) is 17.0 Å². The molecule has 1 aliphatic heterocycles. The summed E-state index contributed by atoms with van der Waals surface area (Å²) in [4.78, 5) is 25.1. The molecule has 0 saturated carbocycles. The van der Waals surface area contributed by atoms with Gasteiger partial charge in [0, 0.05) is 5.69 Å². The Kier molecular flexibility index (Phi) is 5.50. The van der Waals surface area contributed by atoms with Gasteiger partial charge in [0.05, 0.1) is 11.3 Å². The highest BCUT2D eigenvalue weighted by Gasteiger charge is 2.37. The molecule has 3 N–H and O–H groups in total. The lowest BCUT2D eigenvalue weighted by molar-refractivity contribution is -0.116. The largest absolute Gasteiger partial charge is 0.478 e. The van der Waals surface area contributed by atoms with Gasteiger partial charge in [0.2, 0.25) is 0 Å². The molecule has 2 aromatic rings. The van der Waals surface area contributed by atoms with Crippen molar-refractivity contribution < 1.29 is 14.7 Å². The molecule has 1 atom stereocenters. The van der Waals surface area contributed by atoms with E-state index in [2.05, 4.69) is 10.6 Å². The van der Waals surface area contributed by atoms with Gasteiger partial charge in [0.15, 0.2) is 10.5 Å². The Morgan fingerprint density at radius 3 is 2.62 bits per heavy atom. The van der Waals surface area contributed by atoms with Crippen LogP contribution in [-0.2, 0) is 4.79 Å². The standard InChI is InChI=1S/C17H13N3O3S3/c21-14-13(19-16(24)20(14)12-7-2-1-3-8-12)26-17(25)18-11-6-4-5-10(9-11)15(22)23/h1-9,13H,(H,18,25)(H,19,24)(H,22,23). The van der Waals surface area contributed by atoms with Crippen molar-refractivity contribution in [3.05, 3.63) is 60.2 Å². The molecule has 0 spiro atoms. The highest BCUT2D eigenvalue weighted by Crippen LogP contribution is 2.25. The zero-order valence-corrected chi connectivity index (χ0v) is 15.7. The van der Waals surface area contributed by atoms with Crippen LogP contribution in [-0.4, -0.2) is 31.8 Å². The van der Waals surface area contributed by atoms with Gasteiger partial charge in [-0.2, -0.15) is 0 Å². The number of hydrogen-bond donors (Lipinski definition) is 3. The third-order valence-corrected chi connectivity index (χ3v) is 5.06. The molecule has 1 heterocycles. The van der Waals surface area contributed by atoms with E-state index in [4.69, 9.17) is 29.5 Å². The highest BCUT2D eigenvalue weighted by atomic mass is 32.2. The van der Waals surface area contributed by atoms with Gasteiger partial charge in [0.25, 0.3) is 5.91 Å². The van der Waals surface area contributed by atoms with Crippen molar-refractivity contribution in [3.63, 3.8) is 0 Å². The molecule has 1 amide bonds. The summed E-state index contributed by atoms with van der Waals surface area (Å²) < 4.78 is 0.330. The summed E-state index contributed by atoms with van der Waals surface area (Å²) in [6.45, 7) is 0.